The molecule has 1 atom stereocenters. The Morgan fingerprint density at radius 3 is 1.95 bits per heavy atom. The molecule has 3 N–H and O–H groups in total. The number of aliphatic hydroxyl groups is 3. The van der Waals surface area contributed by atoms with Crippen LogP contribution in [0.3, 0.4) is 0 Å². The van der Waals surface area contributed by atoms with Crippen LogP contribution < -0.4 is 4.74 Å². The summed E-state index contributed by atoms with van der Waals surface area (Å²) in [7, 11) is 0. The number of aryl methyl sites for hydroxylation is 3. The van der Waals surface area contributed by atoms with Crippen molar-refractivity contribution < 1.29 is 34.3 Å². The Hall–Kier alpha value is -3.75. The van der Waals surface area contributed by atoms with E-state index in [1.54, 1.807) is 13.8 Å². The second-order valence-electron chi connectivity index (χ2n) is 17.5. The van der Waals surface area contributed by atoms with Crippen LogP contribution in [-0.4, -0.2) is 60.6 Å². The predicted molar refractivity (Wildman–Crippen MR) is 246 cm³/mol. The quantitative estimate of drug-likeness (QED) is 0.0231. The fourth-order valence-corrected chi connectivity index (χ4v) is 8.60. The van der Waals surface area contributed by atoms with E-state index in [0.717, 1.165) is 59.6 Å². The van der Waals surface area contributed by atoms with Crippen molar-refractivity contribution in [1.29, 1.82) is 0 Å². The molecule has 4 rings (SSSR count). The van der Waals surface area contributed by atoms with Gasteiger partial charge in [-0.25, -0.2) is 4.79 Å². The summed E-state index contributed by atoms with van der Waals surface area (Å²) in [5, 5.41) is 31.0. The first-order chi connectivity index (χ1) is 29.0. The fourth-order valence-electron chi connectivity index (χ4n) is 8.60. The summed E-state index contributed by atoms with van der Waals surface area (Å²) in [5.74, 6) is 1.94. The zero-order chi connectivity index (χ0) is 43.5. The van der Waals surface area contributed by atoms with Crippen molar-refractivity contribution in [2.75, 3.05) is 33.0 Å². The molecule has 1 fully saturated rings. The Balaban J connectivity index is 1.66. The monoisotopic (exact) mass is 825 g/mol. The molecule has 1 unspecified atom stereocenters. The van der Waals surface area contributed by atoms with Gasteiger partial charge in [-0.2, -0.15) is 0 Å². The Kier molecular flexibility index (Phi) is 20.6. The third-order valence-electron chi connectivity index (χ3n) is 12.6. The number of carbonyl (C=O) groups excluding carboxylic acids is 1. The van der Waals surface area contributed by atoms with Gasteiger partial charge in [0.1, 0.15) is 5.75 Å². The molecule has 0 aromatic heterocycles. The van der Waals surface area contributed by atoms with Crippen molar-refractivity contribution in [3.63, 3.8) is 0 Å². The normalized spacial score (nSPS) is 16.1. The molecule has 7 nitrogen and oxygen atoms in total. The molecular weight excluding hydrogens is 749 g/mol. The van der Waals surface area contributed by atoms with Crippen LogP contribution in [0.4, 0.5) is 0 Å². The first kappa shape index (κ1) is 48.9. The largest absolute Gasteiger partial charge is 0.493 e. The van der Waals surface area contributed by atoms with Gasteiger partial charge in [0.15, 0.2) is 6.29 Å². The van der Waals surface area contributed by atoms with Crippen LogP contribution >= 0.6 is 0 Å². The van der Waals surface area contributed by atoms with Crippen molar-refractivity contribution in [2.45, 2.75) is 150 Å². The smallest absolute Gasteiger partial charge is 0.333 e. The minimum Gasteiger partial charge on any atom is -0.493 e. The maximum Gasteiger partial charge on any atom is 0.333 e. The minimum absolute atomic E-state index is 0.109. The van der Waals surface area contributed by atoms with E-state index in [-0.39, 0.29) is 19.8 Å². The molecular formula is C53H76O7. The topological polar surface area (TPSA) is 105 Å². The molecule has 3 aromatic carbocycles. The molecule has 0 saturated heterocycles. The highest BCUT2D eigenvalue weighted by Crippen LogP contribution is 2.40. The van der Waals surface area contributed by atoms with Crippen molar-refractivity contribution in [3.8, 4) is 28.0 Å². The second-order valence-corrected chi connectivity index (χ2v) is 17.5. The van der Waals surface area contributed by atoms with Crippen molar-refractivity contribution in [2.24, 2.45) is 11.3 Å². The van der Waals surface area contributed by atoms with Crippen LogP contribution in [0.1, 0.15) is 146 Å². The van der Waals surface area contributed by atoms with Gasteiger partial charge >= 0.3 is 5.97 Å². The van der Waals surface area contributed by atoms with Gasteiger partial charge < -0.3 is 29.5 Å². The maximum absolute atomic E-state index is 12.2. The lowest BCUT2D eigenvalue weighted by Crippen LogP contribution is -2.32. The van der Waals surface area contributed by atoms with E-state index in [1.165, 1.54) is 67.2 Å². The summed E-state index contributed by atoms with van der Waals surface area (Å²) >= 11 is 0. The average molecular weight is 825 g/mol. The first-order valence-corrected chi connectivity index (χ1v) is 23.0. The molecule has 1 saturated carbocycles. The van der Waals surface area contributed by atoms with Gasteiger partial charge in [0, 0.05) is 11.0 Å². The van der Waals surface area contributed by atoms with E-state index in [2.05, 4.69) is 88.5 Å². The van der Waals surface area contributed by atoms with E-state index in [9.17, 15) is 20.1 Å². The van der Waals surface area contributed by atoms with Gasteiger partial charge in [-0.1, -0.05) is 108 Å². The standard InChI is InChI=1S/C53H76O7/c1-8-11-15-40-18-20-42(21-19-40)43-22-24-44(25-23-43)45-26-27-49(41(10-3)33-45)48-34-46(16-13-30-59-51(56)38(4)5)50(47(35-48)17-14-31-60-52(57)39(6)7)58-32-29-53(36-54,37-55)28-12-9-2/h22-27,33-35,40,42,51,54-56H,4,6,8-21,28-32,36-37H2,1-3,5,7H3. The van der Waals surface area contributed by atoms with Crippen LogP contribution in [0.2, 0.25) is 0 Å². The summed E-state index contributed by atoms with van der Waals surface area (Å²) < 4.78 is 17.9. The van der Waals surface area contributed by atoms with Gasteiger partial charge in [0.25, 0.3) is 0 Å². The molecule has 0 spiro atoms. The van der Waals surface area contributed by atoms with Gasteiger partial charge in [-0.05, 0) is 159 Å². The lowest BCUT2D eigenvalue weighted by molar-refractivity contribution is -0.139. The number of ether oxygens (including phenoxy) is 3. The predicted octanol–water partition coefficient (Wildman–Crippen LogP) is 11.9. The number of hydrogen-bond acceptors (Lipinski definition) is 7. The summed E-state index contributed by atoms with van der Waals surface area (Å²) in [6.07, 6.45) is 14.8. The highest BCUT2D eigenvalue weighted by molar-refractivity contribution is 5.86. The zero-order valence-corrected chi connectivity index (χ0v) is 37.7. The highest BCUT2D eigenvalue weighted by atomic mass is 16.6. The third-order valence-corrected chi connectivity index (χ3v) is 12.6. The summed E-state index contributed by atoms with van der Waals surface area (Å²) in [5.41, 5.74) is 9.73. The molecule has 7 heteroatoms. The number of esters is 1. The summed E-state index contributed by atoms with van der Waals surface area (Å²) in [6.45, 7) is 18.2. The molecule has 0 aliphatic heterocycles. The Morgan fingerprint density at radius 1 is 0.750 bits per heavy atom. The number of aliphatic hydroxyl groups excluding tert-OH is 3. The Labute approximate surface area is 362 Å². The van der Waals surface area contributed by atoms with Crippen LogP contribution in [0.25, 0.3) is 22.3 Å². The van der Waals surface area contributed by atoms with Crippen LogP contribution in [-0.2, 0) is 33.5 Å². The van der Waals surface area contributed by atoms with Gasteiger partial charge in [0.2, 0.25) is 0 Å². The van der Waals surface area contributed by atoms with E-state index in [1.807, 2.05) is 0 Å². The minimum atomic E-state index is -1.02. The number of benzene rings is 3. The molecule has 0 radical (unpaired) electrons. The molecule has 1 aliphatic rings. The van der Waals surface area contributed by atoms with Crippen molar-refractivity contribution >= 4 is 5.97 Å². The van der Waals surface area contributed by atoms with E-state index >= 15 is 0 Å². The zero-order valence-electron chi connectivity index (χ0n) is 37.7. The van der Waals surface area contributed by atoms with Gasteiger partial charge in [-0.3, -0.25) is 0 Å². The summed E-state index contributed by atoms with van der Waals surface area (Å²) in [4.78, 5) is 12.2. The molecule has 330 valence electrons. The fraction of sp³-hybridized carbons (Fsp3) is 0.566. The molecule has 60 heavy (non-hydrogen) atoms. The van der Waals surface area contributed by atoms with Crippen LogP contribution in [0.5, 0.6) is 5.75 Å². The lowest BCUT2D eigenvalue weighted by Gasteiger charge is -2.30. The number of unbranched alkanes of at least 4 members (excludes halogenated alkanes) is 2. The van der Waals surface area contributed by atoms with E-state index < -0.39 is 17.7 Å². The first-order valence-electron chi connectivity index (χ1n) is 23.0. The van der Waals surface area contributed by atoms with Gasteiger partial charge in [-0.15, -0.1) is 0 Å². The third kappa shape index (κ3) is 14.4. The van der Waals surface area contributed by atoms with E-state index in [0.29, 0.717) is 62.4 Å². The van der Waals surface area contributed by atoms with Crippen LogP contribution in [0.15, 0.2) is 78.9 Å². The molecule has 0 bridgehead atoms. The summed E-state index contributed by atoms with van der Waals surface area (Å²) in [6, 6.07) is 20.5. The average Bonchev–Trinajstić information content (AvgIpc) is 3.27. The lowest BCUT2D eigenvalue weighted by atomic mass is 9.77. The molecule has 1 aliphatic carbocycles. The number of rotatable bonds is 27. The second kappa shape index (κ2) is 25.2. The van der Waals surface area contributed by atoms with Crippen LogP contribution in [0, 0.1) is 11.3 Å². The highest BCUT2D eigenvalue weighted by Gasteiger charge is 2.29. The Bertz CT molecular complexity index is 1780. The van der Waals surface area contributed by atoms with Crippen molar-refractivity contribution in [1.82, 2.24) is 0 Å². The SMILES string of the molecule is C=C(C)C(=O)OCCCc1cc(-c2ccc(-c3ccc(C4CCC(CCCC)CC4)cc3)cc2CC)cc(CCCOC(O)C(=C)C)c1OCCC(CO)(CO)CCCC. The molecule has 0 heterocycles. The number of carbonyl (C=O) groups is 1. The molecule has 3 aromatic rings. The number of hydrogen-bond donors (Lipinski definition) is 3. The van der Waals surface area contributed by atoms with Gasteiger partial charge in [0.05, 0.1) is 33.0 Å². The maximum atomic E-state index is 12.2. The Morgan fingerprint density at radius 2 is 1.37 bits per heavy atom. The van der Waals surface area contributed by atoms with Crippen molar-refractivity contribution in [3.05, 3.63) is 101 Å². The van der Waals surface area contributed by atoms with E-state index in [4.69, 9.17) is 14.2 Å². The molecule has 0 amide bonds.